The van der Waals surface area contributed by atoms with Gasteiger partial charge in [0.1, 0.15) is 18.9 Å². The standard InChI is InChI=1S/C30H47N5O4/c1-6-26(16-19-33(3)22-24-14-17-32-18-15-24)39-21-9-11-25-10-7-12-27(29(25)34(4)23-37)35(5)28(13-8-20-36)30(38)31-2/h7,10,12,20,23-24,26,28,32H,6,8,13-19,21-22H2,1-5H3,(H,31,38). The van der Waals surface area contributed by atoms with Crippen LogP contribution in [0.5, 0.6) is 0 Å². The molecule has 1 aliphatic heterocycles. The highest BCUT2D eigenvalue weighted by Crippen LogP contribution is 2.33. The molecule has 2 amide bonds. The third kappa shape index (κ3) is 10.3. The number of aldehydes is 1. The van der Waals surface area contributed by atoms with Crippen molar-refractivity contribution in [2.24, 2.45) is 5.92 Å². The van der Waals surface area contributed by atoms with E-state index in [-0.39, 0.29) is 18.4 Å². The molecule has 39 heavy (non-hydrogen) atoms. The van der Waals surface area contributed by atoms with Gasteiger partial charge in [-0.1, -0.05) is 24.8 Å². The first-order chi connectivity index (χ1) is 18.9. The number of piperidine rings is 1. The largest absolute Gasteiger partial charge is 0.366 e. The molecule has 1 aliphatic rings. The lowest BCUT2D eigenvalue weighted by atomic mass is 9.97. The quantitative estimate of drug-likeness (QED) is 0.245. The van der Waals surface area contributed by atoms with Crippen LogP contribution in [0.25, 0.3) is 0 Å². The Morgan fingerprint density at radius 3 is 2.59 bits per heavy atom. The second-order valence-corrected chi connectivity index (χ2v) is 10.3. The van der Waals surface area contributed by atoms with Crippen molar-refractivity contribution in [2.75, 3.05) is 70.8 Å². The fourth-order valence-corrected chi connectivity index (χ4v) is 5.06. The number of hydrogen-bond acceptors (Lipinski definition) is 7. The highest BCUT2D eigenvalue weighted by molar-refractivity contribution is 5.91. The first kappa shape index (κ1) is 32.3. The normalized spacial score (nSPS) is 15.1. The molecule has 2 unspecified atom stereocenters. The van der Waals surface area contributed by atoms with Crippen LogP contribution >= 0.6 is 0 Å². The molecule has 0 aromatic heterocycles. The Morgan fingerprint density at radius 2 is 1.95 bits per heavy atom. The number of rotatable bonds is 16. The Bertz CT molecular complexity index is 970. The molecule has 2 atom stereocenters. The van der Waals surface area contributed by atoms with Crippen LogP contribution in [0.4, 0.5) is 11.4 Å². The molecule has 0 aliphatic carbocycles. The maximum absolute atomic E-state index is 12.6. The summed E-state index contributed by atoms with van der Waals surface area (Å²) in [5.41, 5.74) is 1.95. The van der Waals surface area contributed by atoms with Gasteiger partial charge in [0.05, 0.1) is 23.0 Å². The SMILES string of the molecule is CCC(CCN(C)CC1CCNCC1)OCC#Cc1cccc(N(C)C(CCC=O)C(=O)NC)c1N(C)C=O. The maximum Gasteiger partial charge on any atom is 0.242 e. The average molecular weight is 542 g/mol. The lowest BCUT2D eigenvalue weighted by molar-refractivity contribution is -0.122. The van der Waals surface area contributed by atoms with E-state index in [1.165, 1.54) is 17.7 Å². The third-order valence-corrected chi connectivity index (χ3v) is 7.41. The molecule has 2 rings (SSSR count). The van der Waals surface area contributed by atoms with Gasteiger partial charge in [0.15, 0.2) is 0 Å². The molecule has 0 bridgehead atoms. The molecule has 0 saturated carbocycles. The minimum atomic E-state index is -0.566. The summed E-state index contributed by atoms with van der Waals surface area (Å²) in [5, 5.41) is 6.09. The number of ether oxygens (including phenoxy) is 1. The van der Waals surface area contributed by atoms with Crippen molar-refractivity contribution < 1.29 is 19.1 Å². The summed E-state index contributed by atoms with van der Waals surface area (Å²) in [7, 11) is 7.21. The number of nitrogens with zero attached hydrogens (tertiary/aromatic N) is 3. The monoisotopic (exact) mass is 541 g/mol. The van der Waals surface area contributed by atoms with E-state index in [2.05, 4.69) is 41.3 Å². The van der Waals surface area contributed by atoms with E-state index in [1.54, 1.807) is 26.0 Å². The summed E-state index contributed by atoms with van der Waals surface area (Å²) in [6.07, 6.45) is 6.65. The van der Waals surface area contributed by atoms with Crippen LogP contribution < -0.4 is 20.4 Å². The van der Waals surface area contributed by atoms with E-state index in [9.17, 15) is 14.4 Å². The van der Waals surface area contributed by atoms with Crippen LogP contribution in [0, 0.1) is 17.8 Å². The Balaban J connectivity index is 2.08. The zero-order valence-electron chi connectivity index (χ0n) is 24.4. The van der Waals surface area contributed by atoms with Crippen LogP contribution in [0.3, 0.4) is 0 Å². The molecule has 1 aromatic carbocycles. The summed E-state index contributed by atoms with van der Waals surface area (Å²) in [6, 6.07) is 4.99. The van der Waals surface area contributed by atoms with Crippen molar-refractivity contribution in [1.82, 2.24) is 15.5 Å². The number of benzene rings is 1. The van der Waals surface area contributed by atoms with E-state index in [4.69, 9.17) is 4.74 Å². The average Bonchev–Trinajstić information content (AvgIpc) is 2.96. The Morgan fingerprint density at radius 1 is 1.21 bits per heavy atom. The number of hydrogen-bond donors (Lipinski definition) is 2. The number of nitrogens with one attached hydrogen (secondary N) is 2. The maximum atomic E-state index is 12.6. The molecule has 1 heterocycles. The van der Waals surface area contributed by atoms with E-state index < -0.39 is 6.04 Å². The second kappa shape index (κ2) is 17.6. The van der Waals surface area contributed by atoms with Gasteiger partial charge in [-0.05, 0) is 70.3 Å². The second-order valence-electron chi connectivity index (χ2n) is 10.3. The molecule has 9 heteroatoms. The highest BCUT2D eigenvalue weighted by atomic mass is 16.5. The van der Waals surface area contributed by atoms with Crippen molar-refractivity contribution in [1.29, 1.82) is 0 Å². The summed E-state index contributed by atoms with van der Waals surface area (Å²) in [5.74, 6) is 6.87. The number of anilines is 2. The summed E-state index contributed by atoms with van der Waals surface area (Å²) in [4.78, 5) is 41.0. The van der Waals surface area contributed by atoms with E-state index in [0.29, 0.717) is 30.0 Å². The number of likely N-dealkylation sites (N-methyl/N-ethyl adjacent to an activating group) is 2. The van der Waals surface area contributed by atoms with E-state index >= 15 is 0 Å². The number of para-hydroxylation sites is 1. The van der Waals surface area contributed by atoms with Crippen LogP contribution in [0.15, 0.2) is 18.2 Å². The predicted octanol–water partition coefficient (Wildman–Crippen LogP) is 2.28. The highest BCUT2D eigenvalue weighted by Gasteiger charge is 2.25. The Hall–Kier alpha value is -2.93. The zero-order chi connectivity index (χ0) is 28.6. The number of carbonyl (C=O) groups is 3. The molecular formula is C30H47N5O4. The molecule has 1 saturated heterocycles. The van der Waals surface area contributed by atoms with Crippen LogP contribution in [0.2, 0.25) is 0 Å². The fourth-order valence-electron chi connectivity index (χ4n) is 5.06. The van der Waals surface area contributed by atoms with Crippen molar-refractivity contribution in [3.8, 4) is 11.8 Å². The minimum absolute atomic E-state index is 0.135. The Labute approximate surface area is 234 Å². The molecule has 9 nitrogen and oxygen atoms in total. The van der Waals surface area contributed by atoms with Crippen LogP contribution in [-0.2, 0) is 19.1 Å². The molecule has 0 radical (unpaired) electrons. The molecule has 1 aromatic rings. The van der Waals surface area contributed by atoms with Gasteiger partial charge in [0, 0.05) is 40.7 Å². The smallest absolute Gasteiger partial charge is 0.242 e. The molecular weight excluding hydrogens is 494 g/mol. The van der Waals surface area contributed by atoms with Gasteiger partial charge >= 0.3 is 0 Å². The van der Waals surface area contributed by atoms with Crippen molar-refractivity contribution >= 4 is 30.0 Å². The Kier molecular flexibility index (Phi) is 14.6. The summed E-state index contributed by atoms with van der Waals surface area (Å²) >= 11 is 0. The summed E-state index contributed by atoms with van der Waals surface area (Å²) < 4.78 is 6.10. The van der Waals surface area contributed by atoms with Crippen LogP contribution in [-0.4, -0.2) is 96.6 Å². The van der Waals surface area contributed by atoms with Crippen molar-refractivity contribution in [2.45, 2.75) is 57.6 Å². The lowest BCUT2D eigenvalue weighted by Gasteiger charge is -2.31. The molecule has 1 fully saturated rings. The molecule has 0 spiro atoms. The molecule has 2 N–H and O–H groups in total. The minimum Gasteiger partial charge on any atom is -0.366 e. The van der Waals surface area contributed by atoms with E-state index in [1.807, 2.05) is 18.2 Å². The van der Waals surface area contributed by atoms with Gasteiger partial charge in [0.25, 0.3) is 0 Å². The summed E-state index contributed by atoms with van der Waals surface area (Å²) in [6.45, 7) is 6.79. The first-order valence-corrected chi connectivity index (χ1v) is 14.0. The van der Waals surface area contributed by atoms with Crippen molar-refractivity contribution in [3.63, 3.8) is 0 Å². The third-order valence-electron chi connectivity index (χ3n) is 7.41. The number of amides is 2. The van der Waals surface area contributed by atoms with Gasteiger partial charge < -0.3 is 34.9 Å². The molecule has 216 valence electrons. The lowest BCUT2D eigenvalue weighted by Crippen LogP contribution is -2.44. The van der Waals surface area contributed by atoms with Gasteiger partial charge in [-0.25, -0.2) is 0 Å². The number of carbonyl (C=O) groups excluding carboxylic acids is 3. The zero-order valence-corrected chi connectivity index (χ0v) is 24.4. The van der Waals surface area contributed by atoms with Gasteiger partial charge in [-0.3, -0.25) is 9.59 Å². The van der Waals surface area contributed by atoms with Crippen molar-refractivity contribution in [3.05, 3.63) is 23.8 Å². The van der Waals surface area contributed by atoms with Gasteiger partial charge in [0.2, 0.25) is 12.3 Å². The van der Waals surface area contributed by atoms with Gasteiger partial charge in [-0.2, -0.15) is 0 Å². The fraction of sp³-hybridized carbons (Fsp3) is 0.633. The predicted molar refractivity (Wildman–Crippen MR) is 157 cm³/mol. The van der Waals surface area contributed by atoms with E-state index in [0.717, 1.165) is 57.6 Å². The topological polar surface area (TPSA) is 94.2 Å². The van der Waals surface area contributed by atoms with Gasteiger partial charge in [-0.15, -0.1) is 0 Å². The first-order valence-electron chi connectivity index (χ1n) is 14.0. The van der Waals surface area contributed by atoms with Crippen LogP contribution in [0.1, 0.15) is 51.0 Å².